The molecule has 2 aromatic rings. The van der Waals surface area contributed by atoms with Gasteiger partial charge in [0.15, 0.2) is 0 Å². The van der Waals surface area contributed by atoms with Gasteiger partial charge in [-0.1, -0.05) is 54.6 Å². The fourth-order valence-corrected chi connectivity index (χ4v) is 3.69. The Hall–Kier alpha value is -3.08. The fraction of sp³-hybridized carbons (Fsp3) is 0.304. The van der Waals surface area contributed by atoms with Crippen LogP contribution in [0.15, 0.2) is 61.2 Å². The third-order valence-corrected chi connectivity index (χ3v) is 5.21. The molecule has 0 heterocycles. The lowest BCUT2D eigenvalue weighted by molar-refractivity contribution is -0.147. The number of rotatable bonds is 7. The number of amides is 1. The molecule has 0 spiro atoms. The minimum absolute atomic E-state index is 0.0318. The molecule has 2 aromatic carbocycles. The second-order valence-corrected chi connectivity index (χ2v) is 7.10. The molecule has 0 saturated heterocycles. The Labute approximate surface area is 165 Å². The number of carbonyl (C=O) groups excluding carboxylic acids is 2. The summed E-state index contributed by atoms with van der Waals surface area (Å²) >= 11 is 0. The van der Waals surface area contributed by atoms with Gasteiger partial charge < -0.3 is 14.8 Å². The van der Waals surface area contributed by atoms with Gasteiger partial charge in [-0.25, -0.2) is 9.59 Å². The monoisotopic (exact) mass is 379 g/mol. The second-order valence-electron chi connectivity index (χ2n) is 7.10. The SMILES string of the molecule is C=CCC[C@@](C)(NC(=O)OCC1c2ccccc2-c2ccccc21)C(=O)OC. The van der Waals surface area contributed by atoms with Gasteiger partial charge in [-0.2, -0.15) is 0 Å². The smallest absolute Gasteiger partial charge is 0.408 e. The quantitative estimate of drug-likeness (QED) is 0.571. The third kappa shape index (κ3) is 3.79. The van der Waals surface area contributed by atoms with E-state index in [1.54, 1.807) is 13.0 Å². The number of carbonyl (C=O) groups is 2. The summed E-state index contributed by atoms with van der Waals surface area (Å²) in [4.78, 5) is 24.6. The molecular formula is C23H25NO4. The molecule has 3 rings (SSSR count). The van der Waals surface area contributed by atoms with Gasteiger partial charge in [-0.15, -0.1) is 6.58 Å². The van der Waals surface area contributed by atoms with E-state index in [1.165, 1.54) is 7.11 Å². The highest BCUT2D eigenvalue weighted by molar-refractivity contribution is 5.85. The summed E-state index contributed by atoms with van der Waals surface area (Å²) in [5.74, 6) is -0.543. The van der Waals surface area contributed by atoms with Crippen molar-refractivity contribution in [1.29, 1.82) is 0 Å². The summed E-state index contributed by atoms with van der Waals surface area (Å²) in [6.07, 6.45) is 2.00. The maximum absolute atomic E-state index is 12.5. The van der Waals surface area contributed by atoms with Crippen molar-refractivity contribution in [3.8, 4) is 11.1 Å². The molecule has 0 fully saturated rings. The molecule has 5 nitrogen and oxygen atoms in total. The van der Waals surface area contributed by atoms with Crippen LogP contribution in [0.4, 0.5) is 4.79 Å². The highest BCUT2D eigenvalue weighted by Crippen LogP contribution is 2.44. The van der Waals surface area contributed by atoms with Crippen LogP contribution in [-0.4, -0.2) is 31.3 Å². The lowest BCUT2D eigenvalue weighted by Crippen LogP contribution is -2.53. The Balaban J connectivity index is 1.72. The standard InChI is InChI=1S/C23H25NO4/c1-4-5-14-23(2,21(25)27-3)24-22(26)28-15-20-18-12-8-6-10-16(18)17-11-7-9-13-19(17)20/h4,6-13,20H,1,5,14-15H2,2-3H3,(H,24,26)/t23-/m1/s1. The number of hydrogen-bond acceptors (Lipinski definition) is 4. The van der Waals surface area contributed by atoms with Gasteiger partial charge in [0.25, 0.3) is 0 Å². The molecule has 1 aliphatic rings. The number of esters is 1. The summed E-state index contributed by atoms with van der Waals surface area (Å²) in [7, 11) is 1.30. The fourth-order valence-electron chi connectivity index (χ4n) is 3.69. The summed E-state index contributed by atoms with van der Waals surface area (Å²) in [5, 5.41) is 2.67. The molecule has 0 unspecified atom stereocenters. The van der Waals surface area contributed by atoms with Crippen LogP contribution < -0.4 is 5.32 Å². The van der Waals surface area contributed by atoms with Crippen LogP contribution in [0.2, 0.25) is 0 Å². The zero-order valence-corrected chi connectivity index (χ0v) is 16.2. The molecule has 1 atom stereocenters. The van der Waals surface area contributed by atoms with E-state index in [0.29, 0.717) is 12.8 Å². The van der Waals surface area contributed by atoms with E-state index in [-0.39, 0.29) is 12.5 Å². The van der Waals surface area contributed by atoms with Gasteiger partial charge in [0.1, 0.15) is 12.1 Å². The first-order valence-corrected chi connectivity index (χ1v) is 9.32. The van der Waals surface area contributed by atoms with E-state index in [2.05, 4.69) is 36.2 Å². The molecule has 1 N–H and O–H groups in total. The minimum Gasteiger partial charge on any atom is -0.467 e. The molecule has 0 aromatic heterocycles. The summed E-state index contributed by atoms with van der Waals surface area (Å²) < 4.78 is 10.4. The van der Waals surface area contributed by atoms with Crippen LogP contribution in [0.3, 0.4) is 0 Å². The molecule has 1 aliphatic carbocycles. The number of ether oxygens (including phenoxy) is 2. The lowest BCUT2D eigenvalue weighted by atomic mass is 9.96. The summed E-state index contributed by atoms with van der Waals surface area (Å²) in [6, 6.07) is 16.3. The first kappa shape index (κ1) is 19.7. The van der Waals surface area contributed by atoms with Gasteiger partial charge in [0.2, 0.25) is 0 Å². The highest BCUT2D eigenvalue weighted by atomic mass is 16.6. The largest absolute Gasteiger partial charge is 0.467 e. The van der Waals surface area contributed by atoms with Crippen molar-refractivity contribution in [3.63, 3.8) is 0 Å². The highest BCUT2D eigenvalue weighted by Gasteiger charge is 2.36. The molecule has 28 heavy (non-hydrogen) atoms. The Morgan fingerprint density at radius 2 is 1.68 bits per heavy atom. The van der Waals surface area contributed by atoms with Crippen molar-refractivity contribution in [2.45, 2.75) is 31.2 Å². The van der Waals surface area contributed by atoms with Crippen molar-refractivity contribution in [2.75, 3.05) is 13.7 Å². The van der Waals surface area contributed by atoms with Crippen molar-refractivity contribution in [1.82, 2.24) is 5.32 Å². The number of hydrogen-bond donors (Lipinski definition) is 1. The predicted octanol–water partition coefficient (Wildman–Crippen LogP) is 4.42. The third-order valence-electron chi connectivity index (χ3n) is 5.21. The number of alkyl carbamates (subject to hydrolysis) is 1. The predicted molar refractivity (Wildman–Crippen MR) is 108 cm³/mol. The number of allylic oxidation sites excluding steroid dienone is 1. The van der Waals surface area contributed by atoms with Gasteiger partial charge in [-0.3, -0.25) is 0 Å². The maximum atomic E-state index is 12.5. The van der Waals surface area contributed by atoms with Crippen LogP contribution in [-0.2, 0) is 14.3 Å². The molecule has 1 amide bonds. The second kappa shape index (κ2) is 8.30. The average Bonchev–Trinajstić information content (AvgIpc) is 3.04. The first-order valence-electron chi connectivity index (χ1n) is 9.32. The Kier molecular flexibility index (Phi) is 5.83. The lowest BCUT2D eigenvalue weighted by Gasteiger charge is -2.27. The molecule has 0 bridgehead atoms. The van der Waals surface area contributed by atoms with Crippen LogP contribution in [0.1, 0.15) is 36.8 Å². The van der Waals surface area contributed by atoms with E-state index >= 15 is 0 Å². The zero-order valence-electron chi connectivity index (χ0n) is 16.2. The molecule has 5 heteroatoms. The van der Waals surface area contributed by atoms with E-state index in [1.807, 2.05) is 24.3 Å². The van der Waals surface area contributed by atoms with E-state index in [4.69, 9.17) is 9.47 Å². The number of nitrogens with one attached hydrogen (secondary N) is 1. The van der Waals surface area contributed by atoms with E-state index in [0.717, 1.165) is 22.3 Å². The van der Waals surface area contributed by atoms with Crippen LogP contribution >= 0.6 is 0 Å². The van der Waals surface area contributed by atoms with Gasteiger partial charge in [0.05, 0.1) is 7.11 Å². The molecule has 0 radical (unpaired) electrons. The molecule has 0 saturated carbocycles. The van der Waals surface area contributed by atoms with Crippen molar-refractivity contribution in [2.24, 2.45) is 0 Å². The number of benzene rings is 2. The normalized spacial score (nSPS) is 14.4. The van der Waals surface area contributed by atoms with Crippen molar-refractivity contribution >= 4 is 12.1 Å². The van der Waals surface area contributed by atoms with Gasteiger partial charge in [0, 0.05) is 5.92 Å². The first-order chi connectivity index (χ1) is 13.5. The van der Waals surface area contributed by atoms with E-state index < -0.39 is 17.6 Å². The van der Waals surface area contributed by atoms with Crippen LogP contribution in [0.25, 0.3) is 11.1 Å². The van der Waals surface area contributed by atoms with Crippen molar-refractivity contribution < 1.29 is 19.1 Å². The minimum atomic E-state index is -1.16. The topological polar surface area (TPSA) is 64.6 Å². The maximum Gasteiger partial charge on any atom is 0.408 e. The number of methoxy groups -OCH3 is 1. The zero-order chi connectivity index (χ0) is 20.1. The van der Waals surface area contributed by atoms with Crippen LogP contribution in [0.5, 0.6) is 0 Å². The summed E-state index contributed by atoms with van der Waals surface area (Å²) in [5.41, 5.74) is 3.44. The molecule has 0 aliphatic heterocycles. The van der Waals surface area contributed by atoms with E-state index in [9.17, 15) is 9.59 Å². The summed E-state index contributed by atoms with van der Waals surface area (Å²) in [6.45, 7) is 5.49. The molecular weight excluding hydrogens is 354 g/mol. The Morgan fingerprint density at radius 1 is 1.11 bits per heavy atom. The Bertz CT molecular complexity index is 846. The Morgan fingerprint density at radius 3 is 2.21 bits per heavy atom. The van der Waals surface area contributed by atoms with Gasteiger partial charge >= 0.3 is 12.1 Å². The average molecular weight is 379 g/mol. The number of fused-ring (bicyclic) bond motifs is 3. The van der Waals surface area contributed by atoms with Crippen molar-refractivity contribution in [3.05, 3.63) is 72.3 Å². The van der Waals surface area contributed by atoms with Gasteiger partial charge in [-0.05, 0) is 42.0 Å². The molecule has 146 valence electrons. The van der Waals surface area contributed by atoms with Crippen LogP contribution in [0, 0.1) is 0 Å².